The lowest BCUT2D eigenvalue weighted by molar-refractivity contribution is -0.215. The predicted molar refractivity (Wildman–Crippen MR) is 59.2 cm³/mol. The zero-order chi connectivity index (χ0) is 11.5. The van der Waals surface area contributed by atoms with E-state index in [-0.39, 0.29) is 17.4 Å². The van der Waals surface area contributed by atoms with Crippen LogP contribution in [-0.2, 0) is 9.63 Å². The van der Waals surface area contributed by atoms with Gasteiger partial charge in [0, 0.05) is 26.1 Å². The van der Waals surface area contributed by atoms with Crippen LogP contribution in [0.4, 0.5) is 0 Å². The third-order valence-corrected chi connectivity index (χ3v) is 2.70. The molecule has 1 N–H and O–H groups in total. The molecule has 1 aliphatic heterocycles. The average Bonchev–Trinajstić information content (AvgIpc) is 2.17. The van der Waals surface area contributed by atoms with Gasteiger partial charge in [0.25, 0.3) is 0 Å². The first-order valence-corrected chi connectivity index (χ1v) is 5.63. The first-order valence-electron chi connectivity index (χ1n) is 5.63. The van der Waals surface area contributed by atoms with E-state index >= 15 is 0 Å². The van der Waals surface area contributed by atoms with Crippen molar-refractivity contribution >= 4 is 5.97 Å². The Bertz CT molecular complexity index is 223. The van der Waals surface area contributed by atoms with Gasteiger partial charge in [-0.3, -0.25) is 4.79 Å². The molecule has 4 nitrogen and oxygen atoms in total. The maximum absolute atomic E-state index is 11.3. The van der Waals surface area contributed by atoms with Crippen LogP contribution in [0.5, 0.6) is 0 Å². The van der Waals surface area contributed by atoms with Gasteiger partial charge in [-0.05, 0) is 5.41 Å². The van der Waals surface area contributed by atoms with Gasteiger partial charge in [-0.1, -0.05) is 27.7 Å². The fourth-order valence-electron chi connectivity index (χ4n) is 1.73. The zero-order valence-electron chi connectivity index (χ0n) is 10.2. The van der Waals surface area contributed by atoms with Crippen molar-refractivity contribution < 1.29 is 9.63 Å². The fraction of sp³-hybridized carbons (Fsp3) is 0.909. The van der Waals surface area contributed by atoms with E-state index in [1.165, 1.54) is 0 Å². The standard InChI is InChI=1S/C11H22N2O2/c1-5-10(14)15-13-7-6-12-8-9(13)11(2,3)4/h9,12H,5-8H2,1-4H3. The second-order valence-electron chi connectivity index (χ2n) is 5.04. The normalized spacial score (nSPS) is 23.9. The van der Waals surface area contributed by atoms with Crippen molar-refractivity contribution in [1.29, 1.82) is 0 Å². The molecule has 0 aromatic rings. The number of hydrogen-bond acceptors (Lipinski definition) is 4. The predicted octanol–water partition coefficient (Wildman–Crippen LogP) is 1.17. The van der Waals surface area contributed by atoms with Crippen molar-refractivity contribution in [2.24, 2.45) is 5.41 Å². The van der Waals surface area contributed by atoms with Gasteiger partial charge in [0.15, 0.2) is 0 Å². The minimum Gasteiger partial charge on any atom is -0.368 e. The number of carbonyl (C=O) groups is 1. The van der Waals surface area contributed by atoms with Crippen LogP contribution in [0.25, 0.3) is 0 Å². The Morgan fingerprint density at radius 3 is 2.73 bits per heavy atom. The molecule has 1 fully saturated rings. The van der Waals surface area contributed by atoms with E-state index in [1.807, 2.05) is 12.0 Å². The minimum absolute atomic E-state index is 0.113. The molecule has 0 amide bonds. The Balaban J connectivity index is 2.62. The molecule has 0 bridgehead atoms. The van der Waals surface area contributed by atoms with Gasteiger partial charge in [-0.2, -0.15) is 0 Å². The van der Waals surface area contributed by atoms with Crippen molar-refractivity contribution in [2.75, 3.05) is 19.6 Å². The second kappa shape index (κ2) is 4.94. The lowest BCUT2D eigenvalue weighted by Gasteiger charge is -2.41. The first-order chi connectivity index (χ1) is 6.95. The maximum atomic E-state index is 11.3. The van der Waals surface area contributed by atoms with Gasteiger partial charge < -0.3 is 10.2 Å². The van der Waals surface area contributed by atoms with Gasteiger partial charge in [0.1, 0.15) is 0 Å². The van der Waals surface area contributed by atoms with Gasteiger partial charge in [0.05, 0.1) is 6.04 Å². The summed E-state index contributed by atoms with van der Waals surface area (Å²) < 4.78 is 0. The molecule has 15 heavy (non-hydrogen) atoms. The summed E-state index contributed by atoms with van der Waals surface area (Å²) in [5, 5.41) is 5.17. The van der Waals surface area contributed by atoms with Crippen molar-refractivity contribution in [1.82, 2.24) is 10.4 Å². The van der Waals surface area contributed by atoms with Gasteiger partial charge in [-0.25, -0.2) is 0 Å². The number of nitrogens with zero attached hydrogens (tertiary/aromatic N) is 1. The van der Waals surface area contributed by atoms with Crippen LogP contribution in [0.15, 0.2) is 0 Å². The Labute approximate surface area is 91.9 Å². The molecule has 0 saturated carbocycles. The molecule has 0 spiro atoms. The van der Waals surface area contributed by atoms with E-state index in [0.717, 1.165) is 19.6 Å². The van der Waals surface area contributed by atoms with E-state index in [0.29, 0.717) is 6.42 Å². The Morgan fingerprint density at radius 1 is 1.53 bits per heavy atom. The molecule has 0 aromatic heterocycles. The van der Waals surface area contributed by atoms with Crippen molar-refractivity contribution in [3.63, 3.8) is 0 Å². The Kier molecular flexibility index (Phi) is 4.11. The summed E-state index contributed by atoms with van der Waals surface area (Å²) in [5.74, 6) is -0.147. The highest BCUT2D eigenvalue weighted by molar-refractivity contribution is 5.68. The lowest BCUT2D eigenvalue weighted by Crippen LogP contribution is -2.56. The summed E-state index contributed by atoms with van der Waals surface area (Å²) >= 11 is 0. The van der Waals surface area contributed by atoms with Crippen LogP contribution < -0.4 is 5.32 Å². The highest BCUT2D eigenvalue weighted by atomic mass is 16.7. The summed E-state index contributed by atoms with van der Waals surface area (Å²) in [6.45, 7) is 10.8. The molecule has 0 radical (unpaired) electrons. The monoisotopic (exact) mass is 214 g/mol. The number of rotatable bonds is 2. The van der Waals surface area contributed by atoms with E-state index in [4.69, 9.17) is 4.84 Å². The van der Waals surface area contributed by atoms with E-state index in [1.54, 1.807) is 0 Å². The molecule has 4 heteroatoms. The largest absolute Gasteiger partial charge is 0.368 e. The minimum atomic E-state index is -0.147. The molecule has 88 valence electrons. The number of carbonyl (C=O) groups excluding carboxylic acids is 1. The fourth-order valence-corrected chi connectivity index (χ4v) is 1.73. The summed E-state index contributed by atoms with van der Waals surface area (Å²) in [5.41, 5.74) is 0.113. The third kappa shape index (κ3) is 3.47. The molecule has 1 saturated heterocycles. The van der Waals surface area contributed by atoms with Crippen LogP contribution in [0, 0.1) is 5.41 Å². The number of hydrogen-bond donors (Lipinski definition) is 1. The second-order valence-corrected chi connectivity index (χ2v) is 5.04. The molecule has 1 aliphatic rings. The van der Waals surface area contributed by atoms with Crippen LogP contribution in [0.1, 0.15) is 34.1 Å². The summed E-state index contributed by atoms with van der Waals surface area (Å²) in [4.78, 5) is 16.6. The molecule has 1 heterocycles. The van der Waals surface area contributed by atoms with Gasteiger partial charge in [0.2, 0.25) is 0 Å². The number of nitrogens with one attached hydrogen (secondary N) is 1. The van der Waals surface area contributed by atoms with Crippen LogP contribution in [0.2, 0.25) is 0 Å². The van der Waals surface area contributed by atoms with Crippen molar-refractivity contribution in [3.05, 3.63) is 0 Å². The smallest absolute Gasteiger partial charge is 0.324 e. The SMILES string of the molecule is CCC(=O)ON1CCNCC1C(C)(C)C. The van der Waals surface area contributed by atoms with Gasteiger partial charge >= 0.3 is 5.97 Å². The number of hydroxylamine groups is 2. The lowest BCUT2D eigenvalue weighted by atomic mass is 9.85. The van der Waals surface area contributed by atoms with E-state index in [2.05, 4.69) is 26.1 Å². The highest BCUT2D eigenvalue weighted by Crippen LogP contribution is 2.25. The summed E-state index contributed by atoms with van der Waals surface area (Å²) in [7, 11) is 0. The van der Waals surface area contributed by atoms with Crippen LogP contribution >= 0.6 is 0 Å². The third-order valence-electron chi connectivity index (χ3n) is 2.70. The molecule has 0 aromatic carbocycles. The Hall–Kier alpha value is -0.610. The van der Waals surface area contributed by atoms with E-state index in [9.17, 15) is 4.79 Å². The maximum Gasteiger partial charge on any atom is 0.324 e. The zero-order valence-corrected chi connectivity index (χ0v) is 10.2. The average molecular weight is 214 g/mol. The topological polar surface area (TPSA) is 41.6 Å². The van der Waals surface area contributed by atoms with Crippen molar-refractivity contribution in [2.45, 2.75) is 40.2 Å². The van der Waals surface area contributed by atoms with E-state index < -0.39 is 0 Å². The quantitative estimate of drug-likeness (QED) is 0.749. The van der Waals surface area contributed by atoms with Crippen LogP contribution in [0.3, 0.4) is 0 Å². The first kappa shape index (κ1) is 12.5. The summed E-state index contributed by atoms with van der Waals surface area (Å²) in [6.07, 6.45) is 0.431. The molecule has 1 unspecified atom stereocenters. The Morgan fingerprint density at radius 2 is 2.20 bits per heavy atom. The van der Waals surface area contributed by atoms with Crippen molar-refractivity contribution in [3.8, 4) is 0 Å². The highest BCUT2D eigenvalue weighted by Gasteiger charge is 2.34. The van der Waals surface area contributed by atoms with Gasteiger partial charge in [-0.15, -0.1) is 5.06 Å². The molecule has 0 aliphatic carbocycles. The molecular formula is C11H22N2O2. The van der Waals surface area contributed by atoms with Crippen LogP contribution in [-0.4, -0.2) is 36.7 Å². The molecular weight excluding hydrogens is 192 g/mol. The summed E-state index contributed by atoms with van der Waals surface area (Å²) in [6, 6.07) is 0.252. The number of piperazine rings is 1. The molecule has 1 rings (SSSR count). The molecule has 1 atom stereocenters.